The molecule has 0 aliphatic carbocycles. The van der Waals surface area contributed by atoms with Crippen molar-refractivity contribution in [1.29, 1.82) is 0 Å². The summed E-state index contributed by atoms with van der Waals surface area (Å²) >= 11 is 5.77. The number of nitrogens with zero attached hydrogens (tertiary/aromatic N) is 1. The maximum absolute atomic E-state index is 12.0. The Balaban J connectivity index is 2.83. The first-order valence-corrected chi connectivity index (χ1v) is 7.74. The highest BCUT2D eigenvalue weighted by molar-refractivity contribution is 7.89. The Morgan fingerprint density at radius 1 is 1.52 bits per heavy atom. The fourth-order valence-electron chi connectivity index (χ4n) is 1.52. The third-order valence-electron chi connectivity index (χ3n) is 2.54. The number of nitrogens with one attached hydrogen (secondary N) is 1. The Labute approximate surface area is 126 Å². The highest BCUT2D eigenvalue weighted by atomic mass is 35.5. The summed E-state index contributed by atoms with van der Waals surface area (Å²) in [5, 5.41) is 20.0. The monoisotopic (exact) mass is 338 g/mol. The minimum atomic E-state index is -4.00. The van der Waals surface area contributed by atoms with Crippen molar-refractivity contribution in [2.24, 2.45) is 0 Å². The van der Waals surface area contributed by atoms with Gasteiger partial charge in [0.2, 0.25) is 10.0 Å². The van der Waals surface area contributed by atoms with Gasteiger partial charge in [0.15, 0.2) is 0 Å². The number of hydrogen-bond acceptors (Lipinski definition) is 6. The molecule has 2 N–H and O–H groups in total. The lowest BCUT2D eigenvalue weighted by molar-refractivity contribution is -0.385. The number of rotatable bonds is 8. The molecular weight excluding hydrogens is 324 g/mol. The molecule has 0 saturated heterocycles. The fourth-order valence-corrected chi connectivity index (χ4v) is 3.09. The minimum Gasteiger partial charge on any atom is -0.391 e. The van der Waals surface area contributed by atoms with E-state index >= 15 is 0 Å². The second-order valence-electron chi connectivity index (χ2n) is 4.17. The molecule has 118 valence electrons. The first-order valence-electron chi connectivity index (χ1n) is 5.88. The Kier molecular flexibility index (Phi) is 6.49. The molecule has 0 fully saturated rings. The number of aliphatic hydroxyl groups is 1. The van der Waals surface area contributed by atoms with E-state index in [0.717, 1.165) is 18.2 Å². The van der Waals surface area contributed by atoms with Crippen molar-refractivity contribution < 1.29 is 23.2 Å². The molecule has 0 heterocycles. The van der Waals surface area contributed by atoms with Crippen molar-refractivity contribution in [3.63, 3.8) is 0 Å². The van der Waals surface area contributed by atoms with Crippen LogP contribution in [0.25, 0.3) is 0 Å². The quantitative estimate of drug-likeness (QED) is 0.537. The second kappa shape index (κ2) is 7.66. The van der Waals surface area contributed by atoms with Gasteiger partial charge in [0, 0.05) is 25.8 Å². The van der Waals surface area contributed by atoms with E-state index in [1.807, 2.05) is 0 Å². The topological polar surface area (TPSA) is 119 Å². The lowest BCUT2D eigenvalue weighted by Gasteiger charge is -2.11. The number of non-ortho nitro benzene ring substituents is 1. The number of nitro groups is 1. The molecule has 10 heteroatoms. The number of nitro benzene ring substituents is 1. The summed E-state index contributed by atoms with van der Waals surface area (Å²) in [6.07, 6.45) is -0.669. The summed E-state index contributed by atoms with van der Waals surface area (Å²) in [6, 6.07) is 3.15. The van der Waals surface area contributed by atoms with E-state index < -0.39 is 21.1 Å². The van der Waals surface area contributed by atoms with Crippen LogP contribution in [0.5, 0.6) is 0 Å². The van der Waals surface area contributed by atoms with Crippen LogP contribution in [0.2, 0.25) is 5.02 Å². The molecule has 1 atom stereocenters. The van der Waals surface area contributed by atoms with Crippen LogP contribution in [-0.4, -0.2) is 44.8 Å². The van der Waals surface area contributed by atoms with E-state index in [2.05, 4.69) is 4.72 Å². The van der Waals surface area contributed by atoms with Crippen molar-refractivity contribution >= 4 is 27.3 Å². The van der Waals surface area contributed by atoms with E-state index in [9.17, 15) is 23.6 Å². The summed E-state index contributed by atoms with van der Waals surface area (Å²) in [7, 11) is -2.58. The summed E-state index contributed by atoms with van der Waals surface area (Å²) in [4.78, 5) is 9.58. The number of hydrogen-bond donors (Lipinski definition) is 2. The molecule has 8 nitrogen and oxygen atoms in total. The largest absolute Gasteiger partial charge is 0.391 e. The molecule has 1 aromatic rings. The molecule has 0 radical (unpaired) electrons. The second-order valence-corrected chi connectivity index (χ2v) is 6.31. The first kappa shape index (κ1) is 17.8. The van der Waals surface area contributed by atoms with Crippen molar-refractivity contribution in [2.45, 2.75) is 17.4 Å². The molecule has 0 aliphatic rings. The first-order chi connectivity index (χ1) is 9.77. The van der Waals surface area contributed by atoms with Crippen LogP contribution < -0.4 is 4.72 Å². The number of halogens is 1. The average Bonchev–Trinajstić information content (AvgIpc) is 2.38. The van der Waals surface area contributed by atoms with Crippen molar-refractivity contribution in [3.05, 3.63) is 33.3 Å². The van der Waals surface area contributed by atoms with E-state index in [-0.39, 0.29) is 35.2 Å². The highest BCUT2D eigenvalue weighted by Crippen LogP contribution is 2.25. The molecule has 21 heavy (non-hydrogen) atoms. The number of ether oxygens (including phenoxy) is 1. The molecule has 1 aromatic carbocycles. The third kappa shape index (κ3) is 5.21. The van der Waals surface area contributed by atoms with Gasteiger partial charge in [0.1, 0.15) is 4.90 Å². The number of sulfonamides is 1. The van der Waals surface area contributed by atoms with Crippen LogP contribution in [0.4, 0.5) is 5.69 Å². The summed E-state index contributed by atoms with van der Waals surface area (Å²) in [5.41, 5.74) is -0.376. The van der Waals surface area contributed by atoms with Gasteiger partial charge in [0.25, 0.3) is 5.69 Å². The third-order valence-corrected chi connectivity index (χ3v) is 4.49. The Morgan fingerprint density at radius 2 is 2.19 bits per heavy atom. The molecule has 0 spiro atoms. The molecule has 0 aromatic heterocycles. The van der Waals surface area contributed by atoms with Gasteiger partial charge in [-0.25, -0.2) is 13.1 Å². The van der Waals surface area contributed by atoms with Gasteiger partial charge in [-0.2, -0.15) is 0 Å². The lowest BCUT2D eigenvalue weighted by atomic mass is 10.3. The van der Waals surface area contributed by atoms with E-state index in [1.54, 1.807) is 0 Å². The molecule has 0 amide bonds. The molecule has 0 bridgehead atoms. The molecule has 0 aliphatic heterocycles. The normalized spacial score (nSPS) is 13.1. The predicted molar refractivity (Wildman–Crippen MR) is 75.8 cm³/mol. The van der Waals surface area contributed by atoms with E-state index in [0.29, 0.717) is 0 Å². The Hall–Kier alpha value is -1.26. The van der Waals surface area contributed by atoms with Crippen LogP contribution in [-0.2, 0) is 14.8 Å². The number of aliphatic hydroxyl groups excluding tert-OH is 1. The van der Waals surface area contributed by atoms with Gasteiger partial charge in [-0.1, -0.05) is 11.6 Å². The number of methoxy groups -OCH3 is 1. The van der Waals surface area contributed by atoms with Gasteiger partial charge < -0.3 is 9.84 Å². The Morgan fingerprint density at radius 3 is 2.76 bits per heavy atom. The zero-order valence-corrected chi connectivity index (χ0v) is 12.7. The zero-order chi connectivity index (χ0) is 16.0. The molecule has 0 saturated carbocycles. The molecule has 1 rings (SSSR count). The fraction of sp³-hybridized carbons (Fsp3) is 0.455. The van der Waals surface area contributed by atoms with E-state index in [4.69, 9.17) is 16.3 Å². The van der Waals surface area contributed by atoms with Crippen LogP contribution in [0, 0.1) is 10.1 Å². The van der Waals surface area contributed by atoms with Gasteiger partial charge in [-0.15, -0.1) is 0 Å². The van der Waals surface area contributed by atoms with Crippen LogP contribution in [0.3, 0.4) is 0 Å². The van der Waals surface area contributed by atoms with Crippen LogP contribution >= 0.6 is 11.6 Å². The van der Waals surface area contributed by atoms with Crippen molar-refractivity contribution in [1.82, 2.24) is 4.72 Å². The summed E-state index contributed by atoms with van der Waals surface area (Å²) in [5.74, 6) is 0. The van der Waals surface area contributed by atoms with Crippen molar-refractivity contribution in [3.8, 4) is 0 Å². The molecular formula is C11H15ClN2O6S. The van der Waals surface area contributed by atoms with Crippen molar-refractivity contribution in [2.75, 3.05) is 20.3 Å². The highest BCUT2D eigenvalue weighted by Gasteiger charge is 2.21. The van der Waals surface area contributed by atoms with Gasteiger partial charge in [-0.3, -0.25) is 10.1 Å². The maximum Gasteiger partial charge on any atom is 0.270 e. The predicted octanol–water partition coefficient (Wildman–Crippen LogP) is 0.924. The smallest absolute Gasteiger partial charge is 0.270 e. The van der Waals surface area contributed by atoms with Gasteiger partial charge in [0.05, 0.1) is 22.7 Å². The molecule has 1 unspecified atom stereocenters. The minimum absolute atomic E-state index is 0.0497. The van der Waals surface area contributed by atoms with E-state index in [1.165, 1.54) is 7.11 Å². The Bertz CT molecular complexity index is 607. The standard InChI is InChI=1S/C11H15ClN2O6S/c1-20-7-9(15)4-5-13-21(18,19)11-6-8(14(16)17)2-3-10(11)12/h2-3,6,9,13,15H,4-5,7H2,1H3. The lowest BCUT2D eigenvalue weighted by Crippen LogP contribution is -2.28. The SMILES string of the molecule is COCC(O)CCNS(=O)(=O)c1cc([N+](=O)[O-])ccc1Cl. The average molecular weight is 339 g/mol. The zero-order valence-electron chi connectivity index (χ0n) is 11.2. The van der Waals surface area contributed by atoms with Crippen LogP contribution in [0.15, 0.2) is 23.1 Å². The van der Waals surface area contributed by atoms with Gasteiger partial charge in [-0.05, 0) is 12.5 Å². The number of benzene rings is 1. The summed E-state index contributed by atoms with van der Waals surface area (Å²) < 4.78 is 31.0. The maximum atomic E-state index is 12.0. The van der Waals surface area contributed by atoms with Gasteiger partial charge >= 0.3 is 0 Å². The van der Waals surface area contributed by atoms with Crippen LogP contribution in [0.1, 0.15) is 6.42 Å². The summed E-state index contributed by atoms with van der Waals surface area (Å²) in [6.45, 7) is 0.0329.